The quantitative estimate of drug-likeness (QED) is 0.579. The van der Waals surface area contributed by atoms with Gasteiger partial charge < -0.3 is 10.8 Å². The number of carbonyl (C=O) groups excluding carboxylic acids is 1. The number of nitrogens with two attached hydrogens (primary N) is 1. The smallest absolute Gasteiger partial charge is 0.322 e. The van der Waals surface area contributed by atoms with Crippen LogP contribution in [0.5, 0.6) is 0 Å². The molecular formula is C17H22N2O3S. The zero-order valence-electron chi connectivity index (χ0n) is 12.9. The van der Waals surface area contributed by atoms with Crippen LogP contribution in [0.4, 0.5) is 5.69 Å². The lowest BCUT2D eigenvalue weighted by molar-refractivity contribution is -0.144. The van der Waals surface area contributed by atoms with Crippen molar-refractivity contribution in [3.05, 3.63) is 29.3 Å². The average molecular weight is 334 g/mol. The number of carboxylic acids is 1. The molecule has 0 saturated carbocycles. The van der Waals surface area contributed by atoms with Gasteiger partial charge in [0, 0.05) is 24.6 Å². The maximum Gasteiger partial charge on any atom is 0.322 e. The number of hydrogen-bond donors (Lipinski definition) is 3. The predicted molar refractivity (Wildman–Crippen MR) is 91.2 cm³/mol. The average Bonchev–Trinajstić information content (AvgIpc) is 2.89. The Kier molecular flexibility index (Phi) is 4.64. The van der Waals surface area contributed by atoms with E-state index < -0.39 is 17.9 Å². The fourth-order valence-electron chi connectivity index (χ4n) is 3.87. The van der Waals surface area contributed by atoms with Crippen molar-refractivity contribution < 1.29 is 14.7 Å². The Bertz CT molecular complexity index is 634. The maximum absolute atomic E-state index is 12.6. The van der Waals surface area contributed by atoms with E-state index in [1.54, 1.807) is 0 Å². The number of fused-ring (bicyclic) bond motifs is 1. The van der Waals surface area contributed by atoms with E-state index in [0.29, 0.717) is 25.3 Å². The zero-order chi connectivity index (χ0) is 16.6. The van der Waals surface area contributed by atoms with E-state index in [-0.39, 0.29) is 5.78 Å². The van der Waals surface area contributed by atoms with Gasteiger partial charge in [-0.05, 0) is 54.9 Å². The van der Waals surface area contributed by atoms with Gasteiger partial charge in [-0.1, -0.05) is 18.9 Å². The van der Waals surface area contributed by atoms with Crippen molar-refractivity contribution in [2.75, 3.05) is 12.3 Å². The summed E-state index contributed by atoms with van der Waals surface area (Å²) in [6.07, 6.45) is 3.80. The van der Waals surface area contributed by atoms with Crippen molar-refractivity contribution in [1.82, 2.24) is 4.31 Å². The van der Waals surface area contributed by atoms with Gasteiger partial charge in [-0.3, -0.25) is 9.59 Å². The molecule has 1 fully saturated rings. The molecule has 1 aromatic rings. The molecule has 1 aliphatic carbocycles. The Morgan fingerprint density at radius 3 is 2.83 bits per heavy atom. The third kappa shape index (κ3) is 3.38. The molecule has 3 rings (SSSR count). The number of aliphatic carboxylic acids is 1. The number of thiol groups is 1. The maximum atomic E-state index is 12.6. The van der Waals surface area contributed by atoms with E-state index in [1.807, 2.05) is 18.2 Å². The molecule has 0 amide bonds. The van der Waals surface area contributed by atoms with Crippen molar-refractivity contribution in [2.45, 2.75) is 38.1 Å². The predicted octanol–water partition coefficient (Wildman–Crippen LogP) is 1.95. The summed E-state index contributed by atoms with van der Waals surface area (Å²) in [5.74, 6) is -1.03. The van der Waals surface area contributed by atoms with Gasteiger partial charge in [0.15, 0.2) is 0 Å². The lowest BCUT2D eigenvalue weighted by atomic mass is 9.79. The number of nitrogen functional groups attached to an aromatic ring is 1. The van der Waals surface area contributed by atoms with Gasteiger partial charge in [0.1, 0.15) is 11.8 Å². The van der Waals surface area contributed by atoms with Crippen molar-refractivity contribution in [1.29, 1.82) is 0 Å². The van der Waals surface area contributed by atoms with Crippen LogP contribution in [0.15, 0.2) is 18.2 Å². The highest BCUT2D eigenvalue weighted by atomic mass is 32.1. The minimum absolute atomic E-state index is 0.0674. The summed E-state index contributed by atoms with van der Waals surface area (Å²) < 4.78 is 1.48. The molecular weight excluding hydrogens is 312 g/mol. The van der Waals surface area contributed by atoms with Crippen molar-refractivity contribution in [3.63, 3.8) is 0 Å². The highest BCUT2D eigenvalue weighted by molar-refractivity contribution is 7.77. The molecule has 1 saturated heterocycles. The fraction of sp³-hybridized carbons (Fsp3) is 0.529. The first kappa shape index (κ1) is 16.3. The second-order valence-corrected chi connectivity index (χ2v) is 7.16. The first-order valence-corrected chi connectivity index (χ1v) is 8.44. The molecule has 1 aliphatic heterocycles. The lowest BCUT2D eigenvalue weighted by Gasteiger charge is -2.26. The summed E-state index contributed by atoms with van der Waals surface area (Å²) in [5.41, 5.74) is 9.14. The van der Waals surface area contributed by atoms with Gasteiger partial charge in [-0.2, -0.15) is 0 Å². The molecule has 2 aliphatic rings. The standard InChI is InChI=1S/C17H22N2O3S/c18-13-4-3-11-7-10(1-2-12(11)9-13)8-15(20)14-5-6-19(23)16(14)17(21)22/h3-4,9-10,14,16,23H,1-2,5-8,18H2,(H,21,22)/t10?,14?,16-/m0/s1. The highest BCUT2D eigenvalue weighted by Gasteiger charge is 2.42. The second kappa shape index (κ2) is 6.53. The van der Waals surface area contributed by atoms with E-state index in [1.165, 1.54) is 15.4 Å². The Balaban J connectivity index is 1.65. The Labute approximate surface area is 141 Å². The first-order chi connectivity index (χ1) is 11.0. The Morgan fingerprint density at radius 2 is 2.09 bits per heavy atom. The third-order valence-electron chi connectivity index (χ3n) is 5.09. The summed E-state index contributed by atoms with van der Waals surface area (Å²) in [4.78, 5) is 24.0. The third-order valence-corrected chi connectivity index (χ3v) is 5.54. The number of anilines is 1. The number of ketones is 1. The van der Waals surface area contributed by atoms with Crippen LogP contribution in [0, 0.1) is 11.8 Å². The minimum atomic E-state index is -0.958. The van der Waals surface area contributed by atoms with Gasteiger partial charge in [0.2, 0.25) is 0 Å². The van der Waals surface area contributed by atoms with E-state index in [0.717, 1.165) is 24.9 Å². The van der Waals surface area contributed by atoms with Crippen molar-refractivity contribution in [2.24, 2.45) is 11.8 Å². The van der Waals surface area contributed by atoms with Gasteiger partial charge in [0.25, 0.3) is 0 Å². The Hall–Kier alpha value is -1.53. The van der Waals surface area contributed by atoms with E-state index in [9.17, 15) is 14.7 Å². The van der Waals surface area contributed by atoms with Crippen LogP contribution < -0.4 is 5.73 Å². The van der Waals surface area contributed by atoms with Crippen LogP contribution in [0.1, 0.15) is 30.4 Å². The summed E-state index contributed by atoms with van der Waals surface area (Å²) in [6.45, 7) is 0.545. The summed E-state index contributed by atoms with van der Waals surface area (Å²) in [6, 6.07) is 5.18. The number of carbonyl (C=O) groups is 2. The minimum Gasteiger partial charge on any atom is -0.480 e. The second-order valence-electron chi connectivity index (χ2n) is 6.65. The molecule has 6 heteroatoms. The summed E-state index contributed by atoms with van der Waals surface area (Å²) in [5, 5.41) is 9.31. The SMILES string of the molecule is Nc1ccc2c(c1)CCC(CC(=O)C1CCN(S)[C@@H]1C(=O)O)C2. The van der Waals surface area contributed by atoms with Crippen LogP contribution in [0.2, 0.25) is 0 Å². The molecule has 124 valence electrons. The van der Waals surface area contributed by atoms with E-state index >= 15 is 0 Å². The number of benzene rings is 1. The fourth-order valence-corrected chi connectivity index (χ4v) is 4.25. The zero-order valence-corrected chi connectivity index (χ0v) is 13.8. The van der Waals surface area contributed by atoms with Gasteiger partial charge >= 0.3 is 5.97 Å². The number of hydrogen-bond acceptors (Lipinski definition) is 5. The first-order valence-electron chi connectivity index (χ1n) is 8.04. The van der Waals surface area contributed by atoms with Crippen LogP contribution in [0.25, 0.3) is 0 Å². The number of nitrogens with zero attached hydrogens (tertiary/aromatic N) is 1. The molecule has 3 atom stereocenters. The summed E-state index contributed by atoms with van der Waals surface area (Å²) in [7, 11) is 0. The normalized spacial score (nSPS) is 27.6. The molecule has 5 nitrogen and oxygen atoms in total. The molecule has 1 heterocycles. The van der Waals surface area contributed by atoms with Crippen LogP contribution in [0.3, 0.4) is 0 Å². The van der Waals surface area contributed by atoms with Crippen molar-refractivity contribution in [3.8, 4) is 0 Å². The molecule has 0 spiro atoms. The summed E-state index contributed by atoms with van der Waals surface area (Å²) >= 11 is 4.18. The van der Waals surface area contributed by atoms with Gasteiger partial charge in [0.05, 0.1) is 0 Å². The molecule has 2 unspecified atom stereocenters. The van der Waals surface area contributed by atoms with Crippen LogP contribution >= 0.6 is 12.8 Å². The molecule has 0 bridgehead atoms. The largest absolute Gasteiger partial charge is 0.480 e. The molecule has 0 aromatic heterocycles. The molecule has 0 radical (unpaired) electrons. The van der Waals surface area contributed by atoms with E-state index in [4.69, 9.17) is 5.73 Å². The monoisotopic (exact) mass is 334 g/mol. The molecule has 3 N–H and O–H groups in total. The molecule has 23 heavy (non-hydrogen) atoms. The number of Topliss-reactive ketones (excluding diaryl/α,β-unsaturated/α-hetero) is 1. The molecule has 1 aromatic carbocycles. The highest BCUT2D eigenvalue weighted by Crippen LogP contribution is 2.33. The Morgan fingerprint density at radius 1 is 1.30 bits per heavy atom. The van der Waals surface area contributed by atoms with Crippen molar-refractivity contribution >= 4 is 30.3 Å². The van der Waals surface area contributed by atoms with Crippen LogP contribution in [-0.2, 0) is 22.4 Å². The lowest BCUT2D eigenvalue weighted by Crippen LogP contribution is -2.38. The number of carboxylic acid groups (broad SMARTS) is 1. The topological polar surface area (TPSA) is 83.6 Å². The van der Waals surface area contributed by atoms with E-state index in [2.05, 4.69) is 12.8 Å². The van der Waals surface area contributed by atoms with Gasteiger partial charge in [-0.25, -0.2) is 4.31 Å². The van der Waals surface area contributed by atoms with Crippen LogP contribution in [-0.4, -0.2) is 33.8 Å². The van der Waals surface area contributed by atoms with Gasteiger partial charge in [-0.15, -0.1) is 0 Å². The number of rotatable bonds is 4. The number of aryl methyl sites for hydroxylation is 1.